The van der Waals surface area contributed by atoms with Crippen molar-refractivity contribution in [2.45, 2.75) is 20.0 Å². The summed E-state index contributed by atoms with van der Waals surface area (Å²) in [6.07, 6.45) is 3.45. The normalized spacial score (nSPS) is 14.4. The highest BCUT2D eigenvalue weighted by Crippen LogP contribution is 2.36. The molecular formula is C29H25FN2O6. The molecule has 1 heterocycles. The molecule has 0 aromatic heterocycles. The summed E-state index contributed by atoms with van der Waals surface area (Å²) in [7, 11) is 0. The van der Waals surface area contributed by atoms with Gasteiger partial charge in [-0.25, -0.2) is 14.1 Å². The molecule has 0 bridgehead atoms. The molecule has 194 valence electrons. The molecule has 2 N–H and O–H groups in total. The number of carbonyl (C=O) groups excluding carboxylic acids is 3. The van der Waals surface area contributed by atoms with Crippen molar-refractivity contribution >= 4 is 29.6 Å². The third-order valence-corrected chi connectivity index (χ3v) is 5.64. The van der Waals surface area contributed by atoms with Gasteiger partial charge in [-0.05, 0) is 79.1 Å². The van der Waals surface area contributed by atoms with Crippen LogP contribution >= 0.6 is 0 Å². The van der Waals surface area contributed by atoms with Crippen molar-refractivity contribution in [3.63, 3.8) is 0 Å². The van der Waals surface area contributed by atoms with Crippen LogP contribution in [0.1, 0.15) is 23.6 Å². The number of barbiturate groups is 1. The van der Waals surface area contributed by atoms with E-state index in [1.54, 1.807) is 37.3 Å². The largest absolute Gasteiger partial charge is 0.508 e. The minimum Gasteiger partial charge on any atom is -0.508 e. The third kappa shape index (κ3) is 5.73. The Bertz CT molecular complexity index is 1410. The van der Waals surface area contributed by atoms with Crippen molar-refractivity contribution in [2.24, 2.45) is 0 Å². The number of nitrogens with zero attached hydrogens (tertiary/aromatic N) is 1. The summed E-state index contributed by atoms with van der Waals surface area (Å²) < 4.78 is 25.1. The predicted octanol–water partition coefficient (Wildman–Crippen LogP) is 4.90. The number of benzene rings is 3. The minimum atomic E-state index is -0.894. The number of imide groups is 2. The van der Waals surface area contributed by atoms with Crippen LogP contribution in [0.25, 0.3) is 6.08 Å². The lowest BCUT2D eigenvalue weighted by Gasteiger charge is -2.26. The van der Waals surface area contributed by atoms with Crippen LogP contribution in [0.4, 0.5) is 14.9 Å². The quantitative estimate of drug-likeness (QED) is 0.238. The van der Waals surface area contributed by atoms with E-state index in [0.29, 0.717) is 35.7 Å². The topological polar surface area (TPSA) is 105 Å². The number of hydrogen-bond donors (Lipinski definition) is 2. The Kier molecular flexibility index (Phi) is 7.86. The van der Waals surface area contributed by atoms with Gasteiger partial charge in [0.05, 0.1) is 12.3 Å². The van der Waals surface area contributed by atoms with Gasteiger partial charge < -0.3 is 14.6 Å². The number of aromatic hydroxyl groups is 1. The number of allylic oxidation sites excluding steroid dienone is 1. The first kappa shape index (κ1) is 26.2. The van der Waals surface area contributed by atoms with Crippen LogP contribution in [0.2, 0.25) is 0 Å². The Morgan fingerprint density at radius 2 is 1.74 bits per heavy atom. The fourth-order valence-electron chi connectivity index (χ4n) is 3.90. The molecule has 0 radical (unpaired) electrons. The highest BCUT2D eigenvalue weighted by molar-refractivity contribution is 6.39. The lowest BCUT2D eigenvalue weighted by atomic mass is 10.0. The zero-order valence-corrected chi connectivity index (χ0v) is 20.6. The SMILES string of the molecule is C=CCc1cc(/C=C2\C(=O)NC(=O)N(c3ccc(O)cc3)C2=O)cc(OCC)c1OCc1ccc(F)cc1. The maximum atomic E-state index is 13.3. The summed E-state index contributed by atoms with van der Waals surface area (Å²) in [5.41, 5.74) is 1.85. The van der Waals surface area contributed by atoms with Crippen LogP contribution in [0.5, 0.6) is 17.2 Å². The van der Waals surface area contributed by atoms with Gasteiger partial charge in [0.2, 0.25) is 0 Å². The zero-order chi connectivity index (χ0) is 27.2. The first-order valence-corrected chi connectivity index (χ1v) is 11.8. The van der Waals surface area contributed by atoms with E-state index in [-0.39, 0.29) is 29.4 Å². The van der Waals surface area contributed by atoms with Crippen molar-refractivity contribution in [3.05, 3.63) is 101 Å². The molecule has 38 heavy (non-hydrogen) atoms. The average molecular weight is 517 g/mol. The predicted molar refractivity (Wildman–Crippen MR) is 139 cm³/mol. The van der Waals surface area contributed by atoms with Crippen LogP contribution in [0.15, 0.2) is 78.9 Å². The molecule has 9 heteroatoms. The second kappa shape index (κ2) is 11.4. The van der Waals surface area contributed by atoms with Crippen LogP contribution in [0, 0.1) is 5.82 Å². The molecule has 1 fully saturated rings. The number of carbonyl (C=O) groups is 3. The Morgan fingerprint density at radius 3 is 2.39 bits per heavy atom. The number of phenolic OH excluding ortho intramolecular Hbond substituents is 1. The molecule has 0 atom stereocenters. The Labute approximate surface area is 218 Å². The van der Waals surface area contributed by atoms with Gasteiger partial charge in [-0.2, -0.15) is 0 Å². The Morgan fingerprint density at radius 1 is 1.03 bits per heavy atom. The maximum Gasteiger partial charge on any atom is 0.335 e. The molecule has 0 aliphatic carbocycles. The van der Waals surface area contributed by atoms with Gasteiger partial charge in [0, 0.05) is 5.56 Å². The van der Waals surface area contributed by atoms with Crippen molar-refractivity contribution in [1.82, 2.24) is 5.32 Å². The molecule has 3 aromatic rings. The first-order valence-electron chi connectivity index (χ1n) is 11.8. The lowest BCUT2D eigenvalue weighted by molar-refractivity contribution is -0.122. The molecule has 0 saturated carbocycles. The number of urea groups is 1. The van der Waals surface area contributed by atoms with Gasteiger partial charge >= 0.3 is 6.03 Å². The smallest absolute Gasteiger partial charge is 0.335 e. The van der Waals surface area contributed by atoms with Gasteiger partial charge in [-0.1, -0.05) is 18.2 Å². The van der Waals surface area contributed by atoms with Crippen molar-refractivity contribution in [1.29, 1.82) is 0 Å². The van der Waals surface area contributed by atoms with Gasteiger partial charge in [-0.15, -0.1) is 6.58 Å². The van der Waals surface area contributed by atoms with E-state index in [1.807, 2.05) is 0 Å². The minimum absolute atomic E-state index is 0.0367. The number of phenols is 1. The number of anilines is 1. The molecule has 0 unspecified atom stereocenters. The highest BCUT2D eigenvalue weighted by atomic mass is 19.1. The van der Waals surface area contributed by atoms with Crippen LogP contribution in [0.3, 0.4) is 0 Å². The molecular weight excluding hydrogens is 491 g/mol. The second-order valence-corrected chi connectivity index (χ2v) is 8.32. The zero-order valence-electron chi connectivity index (χ0n) is 20.6. The monoisotopic (exact) mass is 516 g/mol. The molecule has 1 aliphatic heterocycles. The van der Waals surface area contributed by atoms with Gasteiger partial charge in [-0.3, -0.25) is 14.9 Å². The van der Waals surface area contributed by atoms with Gasteiger partial charge in [0.1, 0.15) is 23.7 Å². The number of nitrogens with one attached hydrogen (secondary N) is 1. The molecule has 4 amide bonds. The summed E-state index contributed by atoms with van der Waals surface area (Å²) >= 11 is 0. The Balaban J connectivity index is 1.71. The van der Waals surface area contributed by atoms with E-state index in [0.717, 1.165) is 10.5 Å². The van der Waals surface area contributed by atoms with E-state index in [1.165, 1.54) is 42.5 Å². The fraction of sp³-hybridized carbons (Fsp3) is 0.138. The van der Waals surface area contributed by atoms with E-state index in [2.05, 4.69) is 11.9 Å². The lowest BCUT2D eigenvalue weighted by Crippen LogP contribution is -2.54. The van der Waals surface area contributed by atoms with Crippen molar-refractivity contribution in [3.8, 4) is 17.2 Å². The van der Waals surface area contributed by atoms with E-state index in [9.17, 15) is 23.9 Å². The number of halogens is 1. The van der Waals surface area contributed by atoms with Gasteiger partial charge in [0.15, 0.2) is 11.5 Å². The number of rotatable bonds is 9. The third-order valence-electron chi connectivity index (χ3n) is 5.64. The molecule has 1 saturated heterocycles. The summed E-state index contributed by atoms with van der Waals surface area (Å²) in [6.45, 7) is 6.09. The standard InChI is InChI=1S/C29H25FN2O6/c1-3-5-20-14-19(16-25(37-4-2)26(20)38-17-18-6-8-21(30)9-7-18)15-24-27(34)31-29(36)32(28(24)35)22-10-12-23(33)13-11-22/h3,6-16,33H,1,4-5,17H2,2H3,(H,31,34,36)/b24-15+. The molecule has 8 nitrogen and oxygen atoms in total. The fourth-order valence-corrected chi connectivity index (χ4v) is 3.90. The Hall–Kier alpha value is -4.92. The van der Waals surface area contributed by atoms with Crippen LogP contribution < -0.4 is 19.7 Å². The van der Waals surface area contributed by atoms with Gasteiger partial charge in [0.25, 0.3) is 11.8 Å². The number of ether oxygens (including phenoxy) is 2. The van der Waals surface area contributed by atoms with Crippen LogP contribution in [-0.2, 0) is 22.6 Å². The molecule has 1 aliphatic rings. The number of amides is 4. The molecule has 3 aromatic carbocycles. The average Bonchev–Trinajstić information content (AvgIpc) is 2.88. The second-order valence-electron chi connectivity index (χ2n) is 8.32. The van der Waals surface area contributed by atoms with E-state index in [4.69, 9.17) is 9.47 Å². The van der Waals surface area contributed by atoms with Crippen LogP contribution in [-0.4, -0.2) is 29.6 Å². The summed E-state index contributed by atoms with van der Waals surface area (Å²) in [6, 6.07) is 13.9. The maximum absolute atomic E-state index is 13.3. The summed E-state index contributed by atoms with van der Waals surface area (Å²) in [4.78, 5) is 39.1. The van der Waals surface area contributed by atoms with E-state index >= 15 is 0 Å². The summed E-state index contributed by atoms with van der Waals surface area (Å²) in [5.74, 6) is -1.19. The highest BCUT2D eigenvalue weighted by Gasteiger charge is 2.37. The van der Waals surface area contributed by atoms with Crippen molar-refractivity contribution in [2.75, 3.05) is 11.5 Å². The molecule has 0 spiro atoms. The first-order chi connectivity index (χ1) is 18.3. The van der Waals surface area contributed by atoms with Crippen molar-refractivity contribution < 1.29 is 33.4 Å². The number of hydrogen-bond acceptors (Lipinski definition) is 6. The molecule has 4 rings (SSSR count). The van der Waals surface area contributed by atoms with E-state index < -0.39 is 17.8 Å². The summed E-state index contributed by atoms with van der Waals surface area (Å²) in [5, 5.41) is 11.7.